The third-order valence-electron chi connectivity index (χ3n) is 2.77. The van der Waals surface area contributed by atoms with Gasteiger partial charge >= 0.3 is 5.97 Å². The maximum Gasteiger partial charge on any atom is 0.307 e. The molecule has 0 bridgehead atoms. The molecule has 1 aliphatic carbocycles. The second-order valence-electron chi connectivity index (χ2n) is 4.06. The Morgan fingerprint density at radius 1 is 1.46 bits per heavy atom. The van der Waals surface area contributed by atoms with Gasteiger partial charge in [-0.1, -0.05) is 61.6 Å². The van der Waals surface area contributed by atoms with E-state index in [2.05, 4.69) is 47.8 Å². The van der Waals surface area contributed by atoms with Crippen LogP contribution in [0.25, 0.3) is 0 Å². The second-order valence-corrected chi connectivity index (χ2v) is 11.3. The molecule has 0 amide bonds. The van der Waals surface area contributed by atoms with Crippen LogP contribution in [0.5, 0.6) is 0 Å². The van der Waals surface area contributed by atoms with Crippen LogP contribution in [0.1, 0.15) is 20.3 Å². The molecule has 5 heteroatoms. The Balaban J connectivity index is 2.61. The van der Waals surface area contributed by atoms with E-state index in [9.17, 15) is 4.79 Å². The first kappa shape index (κ1) is 12.0. The van der Waals surface area contributed by atoms with Crippen LogP contribution in [0.2, 0.25) is 0 Å². The van der Waals surface area contributed by atoms with Gasteiger partial charge in [-0.25, -0.2) is 0 Å². The minimum Gasteiger partial charge on any atom is -0.481 e. The first-order valence-electron chi connectivity index (χ1n) is 3.96. The Hall–Kier alpha value is 0.910. The van der Waals surface area contributed by atoms with Gasteiger partial charge in [0.15, 0.2) is 0 Å². The predicted molar refractivity (Wildman–Crippen MR) is 62.5 cm³/mol. The van der Waals surface area contributed by atoms with Crippen LogP contribution in [0.4, 0.5) is 0 Å². The smallest absolute Gasteiger partial charge is 0.307 e. The summed E-state index contributed by atoms with van der Waals surface area (Å²) < 4.78 is -0.320. The summed E-state index contributed by atoms with van der Waals surface area (Å²) in [6.07, 6.45) is 0.761. The molecule has 0 aromatic carbocycles. The van der Waals surface area contributed by atoms with Crippen molar-refractivity contribution in [2.45, 2.75) is 22.4 Å². The number of carboxylic acids is 1. The number of aliphatic carboxylic acids is 1. The molecular weight excluding hydrogens is 368 g/mol. The Morgan fingerprint density at radius 3 is 2.15 bits per heavy atom. The highest BCUT2D eigenvalue weighted by Crippen LogP contribution is 2.63. The van der Waals surface area contributed by atoms with Crippen molar-refractivity contribution >= 4 is 53.8 Å². The molecule has 0 saturated heterocycles. The maximum atomic E-state index is 10.8. The molecule has 0 unspecified atom stereocenters. The number of carbonyl (C=O) groups is 1. The summed E-state index contributed by atoms with van der Waals surface area (Å²) in [5, 5.41) is 8.91. The van der Waals surface area contributed by atoms with E-state index in [0.717, 1.165) is 6.42 Å². The van der Waals surface area contributed by atoms with E-state index < -0.39 is 5.97 Å². The normalized spacial score (nSPS) is 31.5. The van der Waals surface area contributed by atoms with E-state index in [-0.39, 0.29) is 19.4 Å². The quantitative estimate of drug-likeness (QED) is 0.746. The van der Waals surface area contributed by atoms with E-state index in [4.69, 9.17) is 5.11 Å². The number of hydrogen-bond donors (Lipinski definition) is 1. The number of carboxylic acid groups (broad SMARTS) is 1. The van der Waals surface area contributed by atoms with Crippen LogP contribution in [0.3, 0.4) is 0 Å². The van der Waals surface area contributed by atoms with Gasteiger partial charge < -0.3 is 5.11 Å². The molecule has 0 aromatic heterocycles. The van der Waals surface area contributed by atoms with E-state index in [1.165, 1.54) is 0 Å². The summed E-state index contributed by atoms with van der Waals surface area (Å²) in [6.45, 7) is 3.99. The van der Waals surface area contributed by atoms with Gasteiger partial charge in [-0.2, -0.15) is 0 Å². The average Bonchev–Trinajstić information content (AvgIpc) is 2.28. The third kappa shape index (κ3) is 2.69. The molecule has 0 heterocycles. The monoisotopic (exact) mass is 376 g/mol. The van der Waals surface area contributed by atoms with E-state index in [1.807, 2.05) is 13.8 Å². The van der Waals surface area contributed by atoms with Crippen molar-refractivity contribution < 1.29 is 9.90 Å². The Labute approximate surface area is 103 Å². The summed E-state index contributed by atoms with van der Waals surface area (Å²) in [6, 6.07) is 0. The molecule has 1 N–H and O–H groups in total. The number of alkyl halides is 3. The van der Waals surface area contributed by atoms with Gasteiger partial charge in [-0.05, 0) is 17.8 Å². The lowest BCUT2D eigenvalue weighted by atomic mass is 10.1. The van der Waals surface area contributed by atoms with Crippen molar-refractivity contribution in [2.24, 2.45) is 17.3 Å². The molecule has 1 aliphatic rings. The Bertz CT molecular complexity index is 232. The van der Waals surface area contributed by atoms with Crippen molar-refractivity contribution in [3.8, 4) is 0 Å². The Kier molecular flexibility index (Phi) is 3.22. The predicted octanol–water partition coefficient (Wildman–Crippen LogP) is 3.57. The molecule has 0 aliphatic heterocycles. The van der Waals surface area contributed by atoms with Crippen LogP contribution in [0.15, 0.2) is 0 Å². The largest absolute Gasteiger partial charge is 0.481 e. The number of hydrogen-bond acceptors (Lipinski definition) is 1. The minimum atomic E-state index is -0.688. The summed E-state index contributed by atoms with van der Waals surface area (Å²) in [7, 11) is 0. The lowest BCUT2D eigenvalue weighted by Gasteiger charge is -2.11. The van der Waals surface area contributed by atoms with Gasteiger partial charge in [0, 0.05) is 0 Å². The molecule has 0 radical (unpaired) electrons. The van der Waals surface area contributed by atoms with Gasteiger partial charge in [0.05, 0.1) is 5.92 Å². The lowest BCUT2D eigenvalue weighted by Crippen LogP contribution is -2.05. The fourth-order valence-electron chi connectivity index (χ4n) is 1.86. The number of halogens is 3. The van der Waals surface area contributed by atoms with Gasteiger partial charge in [-0.3, -0.25) is 4.79 Å². The van der Waals surface area contributed by atoms with Gasteiger partial charge in [0.2, 0.25) is 0 Å². The van der Waals surface area contributed by atoms with Gasteiger partial charge in [0.1, 0.15) is 2.14 Å². The molecule has 2 atom stereocenters. The molecule has 0 aromatic rings. The highest BCUT2D eigenvalue weighted by molar-refractivity contribution is 9.39. The van der Waals surface area contributed by atoms with E-state index in [0.29, 0.717) is 0 Å². The van der Waals surface area contributed by atoms with Crippen LogP contribution in [-0.2, 0) is 4.79 Å². The fourth-order valence-corrected chi connectivity index (χ4v) is 2.91. The SMILES string of the molecule is CC1(C)[C@@H](CC(Br)(Br)Br)[C@@H]1C(=O)O. The maximum absolute atomic E-state index is 10.8. The van der Waals surface area contributed by atoms with E-state index in [1.54, 1.807) is 0 Å². The third-order valence-corrected chi connectivity index (χ3v) is 3.74. The van der Waals surface area contributed by atoms with Crippen molar-refractivity contribution in [1.82, 2.24) is 0 Å². The highest BCUT2D eigenvalue weighted by atomic mass is 80.0. The molecule has 1 fully saturated rings. The number of rotatable bonds is 2. The topological polar surface area (TPSA) is 37.3 Å². The Morgan fingerprint density at radius 2 is 1.92 bits per heavy atom. The van der Waals surface area contributed by atoms with Crippen molar-refractivity contribution in [2.75, 3.05) is 0 Å². The van der Waals surface area contributed by atoms with Crippen LogP contribution < -0.4 is 0 Å². The summed E-state index contributed by atoms with van der Waals surface area (Å²) in [5.41, 5.74) is -0.0770. The van der Waals surface area contributed by atoms with Crippen LogP contribution in [0, 0.1) is 17.3 Å². The summed E-state index contributed by atoms with van der Waals surface area (Å²) in [4.78, 5) is 10.8. The minimum absolute atomic E-state index is 0.0770. The molecule has 2 nitrogen and oxygen atoms in total. The molecular formula is C8H11Br3O2. The van der Waals surface area contributed by atoms with Crippen LogP contribution in [-0.4, -0.2) is 13.2 Å². The van der Waals surface area contributed by atoms with Crippen LogP contribution >= 0.6 is 47.8 Å². The van der Waals surface area contributed by atoms with E-state index >= 15 is 0 Å². The lowest BCUT2D eigenvalue weighted by molar-refractivity contribution is -0.139. The van der Waals surface area contributed by atoms with Crippen molar-refractivity contribution in [3.05, 3.63) is 0 Å². The molecule has 1 saturated carbocycles. The highest BCUT2D eigenvalue weighted by Gasteiger charge is 2.63. The van der Waals surface area contributed by atoms with Crippen molar-refractivity contribution in [1.29, 1.82) is 0 Å². The first-order valence-corrected chi connectivity index (χ1v) is 6.33. The molecule has 1 rings (SSSR count). The summed E-state index contributed by atoms with van der Waals surface area (Å²) in [5.74, 6) is -0.672. The molecule has 0 spiro atoms. The van der Waals surface area contributed by atoms with Gasteiger partial charge in [0.25, 0.3) is 0 Å². The zero-order chi connectivity index (χ0) is 10.4. The fraction of sp³-hybridized carbons (Fsp3) is 0.875. The zero-order valence-electron chi connectivity index (χ0n) is 7.35. The molecule has 76 valence electrons. The second kappa shape index (κ2) is 3.49. The van der Waals surface area contributed by atoms with Gasteiger partial charge in [-0.15, -0.1) is 0 Å². The first-order chi connectivity index (χ1) is 5.66. The molecule has 13 heavy (non-hydrogen) atoms. The average molecular weight is 379 g/mol. The standard InChI is InChI=1S/C8H11Br3O2/c1-7(2)4(3-8(9,10)11)5(7)6(12)13/h4-5H,3H2,1-2H3,(H,12,13)/t4-,5+/m0/s1. The van der Waals surface area contributed by atoms with Crippen molar-refractivity contribution in [3.63, 3.8) is 0 Å². The zero-order valence-corrected chi connectivity index (χ0v) is 12.1. The summed E-state index contributed by atoms with van der Waals surface area (Å²) >= 11 is 10.2.